The van der Waals surface area contributed by atoms with E-state index in [1.807, 2.05) is 12.1 Å². The molecule has 0 aromatic heterocycles. The van der Waals surface area contributed by atoms with Crippen molar-refractivity contribution in [3.63, 3.8) is 0 Å². The maximum atomic E-state index is 6.53. The normalized spacial score (nSPS) is 25.2. The van der Waals surface area contributed by atoms with Crippen LogP contribution in [-0.4, -0.2) is 26.4 Å². The van der Waals surface area contributed by atoms with Gasteiger partial charge in [-0.1, -0.05) is 6.07 Å². The first kappa shape index (κ1) is 14.7. The van der Waals surface area contributed by atoms with E-state index in [0.717, 1.165) is 36.5 Å². The summed E-state index contributed by atoms with van der Waals surface area (Å²) < 4.78 is 16.7. The van der Waals surface area contributed by atoms with E-state index >= 15 is 0 Å². The summed E-state index contributed by atoms with van der Waals surface area (Å²) in [5.41, 5.74) is 7.79. The van der Waals surface area contributed by atoms with Crippen LogP contribution in [-0.2, 0) is 4.74 Å². The Balaban J connectivity index is 1.76. The van der Waals surface area contributed by atoms with Crippen LogP contribution in [0.1, 0.15) is 43.7 Å². The number of hydrogen-bond acceptors (Lipinski definition) is 4. The first-order chi connectivity index (χ1) is 10.2. The minimum absolute atomic E-state index is 0.0335. The van der Waals surface area contributed by atoms with Gasteiger partial charge < -0.3 is 19.9 Å². The van der Waals surface area contributed by atoms with Crippen molar-refractivity contribution < 1.29 is 14.2 Å². The molecule has 1 heterocycles. The van der Waals surface area contributed by atoms with Gasteiger partial charge in [-0.25, -0.2) is 0 Å². The van der Waals surface area contributed by atoms with Crippen LogP contribution >= 0.6 is 0 Å². The minimum Gasteiger partial charge on any atom is -0.493 e. The molecule has 3 rings (SSSR count). The van der Waals surface area contributed by atoms with Gasteiger partial charge in [0.05, 0.1) is 19.8 Å². The van der Waals surface area contributed by atoms with Crippen molar-refractivity contribution >= 4 is 0 Å². The second kappa shape index (κ2) is 5.85. The molecule has 0 bridgehead atoms. The summed E-state index contributed by atoms with van der Waals surface area (Å²) in [6.07, 6.45) is 5.81. The summed E-state index contributed by atoms with van der Waals surface area (Å²) in [5, 5.41) is 0. The summed E-state index contributed by atoms with van der Waals surface area (Å²) in [4.78, 5) is 0. The zero-order valence-corrected chi connectivity index (χ0v) is 12.9. The third-order valence-corrected chi connectivity index (χ3v) is 5.10. The van der Waals surface area contributed by atoms with Gasteiger partial charge in [-0.2, -0.15) is 0 Å². The Morgan fingerprint density at radius 3 is 2.62 bits per heavy atom. The zero-order chi connectivity index (χ0) is 14.9. The van der Waals surface area contributed by atoms with Gasteiger partial charge in [0, 0.05) is 12.6 Å². The Morgan fingerprint density at radius 1 is 1.24 bits per heavy atom. The number of methoxy groups -OCH3 is 2. The van der Waals surface area contributed by atoms with E-state index in [9.17, 15) is 0 Å². The van der Waals surface area contributed by atoms with Crippen molar-refractivity contribution in [2.45, 2.75) is 43.7 Å². The van der Waals surface area contributed by atoms with Gasteiger partial charge in [0.25, 0.3) is 0 Å². The molecule has 2 unspecified atom stereocenters. The molecule has 1 aliphatic heterocycles. The Labute approximate surface area is 126 Å². The highest BCUT2D eigenvalue weighted by Crippen LogP contribution is 2.47. The van der Waals surface area contributed by atoms with Crippen LogP contribution in [0.25, 0.3) is 0 Å². The Hall–Kier alpha value is -1.26. The van der Waals surface area contributed by atoms with E-state index in [1.165, 1.54) is 19.3 Å². The lowest BCUT2D eigenvalue weighted by Gasteiger charge is -2.48. The van der Waals surface area contributed by atoms with Gasteiger partial charge in [-0.15, -0.1) is 0 Å². The standard InChI is InChI=1S/C17H25NO3/c1-19-14-5-4-12(10-15(14)20-2)16(18)13-6-9-21-17(11-13)7-3-8-17/h4-5,10,13,16H,3,6-9,11,18H2,1-2H3. The molecule has 4 nitrogen and oxygen atoms in total. The predicted octanol–water partition coefficient (Wildman–Crippen LogP) is 3.05. The molecule has 21 heavy (non-hydrogen) atoms. The average molecular weight is 291 g/mol. The first-order valence-electron chi connectivity index (χ1n) is 7.79. The lowest BCUT2D eigenvalue weighted by Crippen LogP contribution is -2.47. The molecule has 116 valence electrons. The first-order valence-corrected chi connectivity index (χ1v) is 7.79. The average Bonchev–Trinajstić information content (AvgIpc) is 2.52. The second-order valence-corrected chi connectivity index (χ2v) is 6.28. The van der Waals surface area contributed by atoms with Crippen molar-refractivity contribution in [3.05, 3.63) is 23.8 Å². The smallest absolute Gasteiger partial charge is 0.161 e. The molecule has 2 fully saturated rings. The van der Waals surface area contributed by atoms with E-state index in [-0.39, 0.29) is 11.6 Å². The summed E-state index contributed by atoms with van der Waals surface area (Å²) in [7, 11) is 3.31. The third kappa shape index (κ3) is 2.74. The molecule has 1 spiro atoms. The van der Waals surface area contributed by atoms with Crippen molar-refractivity contribution in [1.82, 2.24) is 0 Å². The fraction of sp³-hybridized carbons (Fsp3) is 0.647. The van der Waals surface area contributed by atoms with E-state index in [4.69, 9.17) is 19.9 Å². The highest BCUT2D eigenvalue weighted by molar-refractivity contribution is 5.43. The van der Waals surface area contributed by atoms with Crippen LogP contribution in [0, 0.1) is 5.92 Å². The van der Waals surface area contributed by atoms with Crippen LogP contribution in [0.15, 0.2) is 18.2 Å². The van der Waals surface area contributed by atoms with Gasteiger partial charge in [0.2, 0.25) is 0 Å². The van der Waals surface area contributed by atoms with Gasteiger partial charge in [-0.3, -0.25) is 0 Å². The van der Waals surface area contributed by atoms with E-state index in [1.54, 1.807) is 14.2 Å². The lowest BCUT2D eigenvalue weighted by molar-refractivity contribution is -0.146. The quantitative estimate of drug-likeness (QED) is 0.926. The Bertz CT molecular complexity index is 499. The molecule has 2 atom stereocenters. The minimum atomic E-state index is 0.0335. The van der Waals surface area contributed by atoms with Crippen molar-refractivity contribution in [1.29, 1.82) is 0 Å². The van der Waals surface area contributed by atoms with Gasteiger partial charge in [0.15, 0.2) is 11.5 Å². The maximum Gasteiger partial charge on any atom is 0.161 e. The second-order valence-electron chi connectivity index (χ2n) is 6.28. The monoisotopic (exact) mass is 291 g/mol. The molecule has 2 N–H and O–H groups in total. The molecule has 2 aliphatic rings. The Kier molecular flexibility index (Phi) is 4.09. The molecule has 1 aromatic rings. The van der Waals surface area contributed by atoms with Crippen LogP contribution in [0.2, 0.25) is 0 Å². The predicted molar refractivity (Wildman–Crippen MR) is 81.7 cm³/mol. The lowest BCUT2D eigenvalue weighted by atomic mass is 9.70. The van der Waals surface area contributed by atoms with E-state index in [2.05, 4.69) is 6.07 Å². The van der Waals surface area contributed by atoms with Crippen molar-refractivity contribution in [2.24, 2.45) is 11.7 Å². The number of hydrogen-bond donors (Lipinski definition) is 1. The maximum absolute atomic E-state index is 6.53. The fourth-order valence-corrected chi connectivity index (χ4v) is 3.62. The SMILES string of the molecule is COc1ccc(C(N)C2CCOC3(CCC3)C2)cc1OC. The molecule has 0 radical (unpaired) electrons. The Morgan fingerprint density at radius 2 is 2.00 bits per heavy atom. The summed E-state index contributed by atoms with van der Waals surface area (Å²) in [5.74, 6) is 1.98. The van der Waals surface area contributed by atoms with E-state index < -0.39 is 0 Å². The zero-order valence-electron chi connectivity index (χ0n) is 12.9. The largest absolute Gasteiger partial charge is 0.493 e. The number of rotatable bonds is 4. The summed E-state index contributed by atoms with van der Waals surface area (Å²) >= 11 is 0. The summed E-state index contributed by atoms with van der Waals surface area (Å²) in [6, 6.07) is 6.03. The van der Waals surface area contributed by atoms with Crippen LogP contribution in [0.3, 0.4) is 0 Å². The van der Waals surface area contributed by atoms with E-state index in [0.29, 0.717) is 5.92 Å². The number of nitrogens with two attached hydrogens (primary N) is 1. The molecule has 4 heteroatoms. The van der Waals surface area contributed by atoms with Gasteiger partial charge >= 0.3 is 0 Å². The molecule has 1 aromatic carbocycles. The third-order valence-electron chi connectivity index (χ3n) is 5.10. The highest BCUT2D eigenvalue weighted by Gasteiger charge is 2.43. The number of benzene rings is 1. The summed E-state index contributed by atoms with van der Waals surface area (Å²) in [6.45, 7) is 0.839. The van der Waals surface area contributed by atoms with Crippen molar-refractivity contribution in [2.75, 3.05) is 20.8 Å². The molecular weight excluding hydrogens is 266 g/mol. The van der Waals surface area contributed by atoms with Crippen LogP contribution in [0.5, 0.6) is 11.5 Å². The topological polar surface area (TPSA) is 53.7 Å². The van der Waals surface area contributed by atoms with Gasteiger partial charge in [-0.05, 0) is 55.7 Å². The molecule has 1 saturated heterocycles. The number of ether oxygens (including phenoxy) is 3. The molecule has 1 saturated carbocycles. The fourth-order valence-electron chi connectivity index (χ4n) is 3.62. The van der Waals surface area contributed by atoms with Crippen LogP contribution in [0.4, 0.5) is 0 Å². The van der Waals surface area contributed by atoms with Crippen LogP contribution < -0.4 is 15.2 Å². The van der Waals surface area contributed by atoms with Crippen molar-refractivity contribution in [3.8, 4) is 11.5 Å². The molecular formula is C17H25NO3. The molecule has 1 aliphatic carbocycles. The van der Waals surface area contributed by atoms with Gasteiger partial charge in [0.1, 0.15) is 0 Å². The molecule has 0 amide bonds. The highest BCUT2D eigenvalue weighted by atomic mass is 16.5.